The second-order valence-corrected chi connectivity index (χ2v) is 6.83. The highest BCUT2D eigenvalue weighted by Gasteiger charge is 2.25. The number of hydrogen-bond donors (Lipinski definition) is 2. The Morgan fingerprint density at radius 2 is 1.71 bits per heavy atom. The molecule has 0 amide bonds. The van der Waals surface area contributed by atoms with Gasteiger partial charge in [0.1, 0.15) is 0 Å². The Morgan fingerprint density at radius 3 is 2.12 bits per heavy atom. The normalized spacial score (nSPS) is 14.1. The van der Waals surface area contributed by atoms with E-state index in [-0.39, 0.29) is 11.6 Å². The molecule has 0 saturated heterocycles. The van der Waals surface area contributed by atoms with Crippen LogP contribution >= 0.6 is 11.8 Å². The summed E-state index contributed by atoms with van der Waals surface area (Å²) in [6.45, 7) is 8.64. The fourth-order valence-electron chi connectivity index (χ4n) is 1.60. The summed E-state index contributed by atoms with van der Waals surface area (Å²) in [6.07, 6.45) is 0. The van der Waals surface area contributed by atoms with E-state index < -0.39 is 0 Å². The van der Waals surface area contributed by atoms with E-state index in [2.05, 4.69) is 57.3 Å². The highest BCUT2D eigenvalue weighted by Crippen LogP contribution is 2.27. The van der Waals surface area contributed by atoms with Crippen molar-refractivity contribution in [2.45, 2.75) is 49.4 Å². The van der Waals surface area contributed by atoms with E-state index >= 15 is 0 Å². The molecule has 3 heteroatoms. The average molecular weight is 252 g/mol. The number of nitrogens with two attached hydrogens (primary N) is 1. The van der Waals surface area contributed by atoms with Gasteiger partial charge in [0.25, 0.3) is 0 Å². The molecule has 0 radical (unpaired) electrons. The van der Waals surface area contributed by atoms with E-state index in [1.807, 2.05) is 18.8 Å². The lowest BCUT2D eigenvalue weighted by Gasteiger charge is -2.31. The van der Waals surface area contributed by atoms with Gasteiger partial charge < -0.3 is 11.1 Å². The molecule has 1 rings (SSSR count). The first-order valence-electron chi connectivity index (χ1n) is 6.08. The summed E-state index contributed by atoms with van der Waals surface area (Å²) in [4.78, 5) is 1.30. The summed E-state index contributed by atoms with van der Waals surface area (Å²) in [7, 11) is 1.95. The second kappa shape index (κ2) is 5.89. The Bertz CT molecular complexity index is 344. The quantitative estimate of drug-likeness (QED) is 0.790. The van der Waals surface area contributed by atoms with Crippen molar-refractivity contribution in [3.05, 3.63) is 29.8 Å². The Balaban J connectivity index is 2.80. The SMILES string of the molecule is CNC(C)(C)C(N)c1ccc(SC(C)C)cc1. The maximum atomic E-state index is 6.27. The van der Waals surface area contributed by atoms with Crippen LogP contribution in [0.25, 0.3) is 0 Å². The summed E-state index contributed by atoms with van der Waals surface area (Å²) >= 11 is 1.88. The average Bonchev–Trinajstić information content (AvgIpc) is 2.28. The zero-order valence-electron chi connectivity index (χ0n) is 11.4. The monoisotopic (exact) mass is 252 g/mol. The molecule has 0 aliphatic heterocycles. The minimum Gasteiger partial charge on any atom is -0.322 e. The zero-order valence-corrected chi connectivity index (χ0v) is 12.3. The van der Waals surface area contributed by atoms with Crippen molar-refractivity contribution >= 4 is 11.8 Å². The molecule has 0 bridgehead atoms. The Kier molecular flexibility index (Phi) is 5.04. The summed E-state index contributed by atoms with van der Waals surface area (Å²) in [6, 6.07) is 8.59. The van der Waals surface area contributed by atoms with Crippen molar-refractivity contribution < 1.29 is 0 Å². The molecule has 0 spiro atoms. The third-order valence-electron chi connectivity index (χ3n) is 3.03. The van der Waals surface area contributed by atoms with Crippen LogP contribution in [0.15, 0.2) is 29.2 Å². The van der Waals surface area contributed by atoms with Crippen molar-refractivity contribution in [3.63, 3.8) is 0 Å². The molecule has 1 aromatic carbocycles. The molecule has 1 unspecified atom stereocenters. The third-order valence-corrected chi connectivity index (χ3v) is 4.05. The van der Waals surface area contributed by atoms with Gasteiger partial charge in [-0.2, -0.15) is 0 Å². The maximum Gasteiger partial charge on any atom is 0.0474 e. The van der Waals surface area contributed by atoms with E-state index in [0.717, 1.165) is 0 Å². The summed E-state index contributed by atoms with van der Waals surface area (Å²) in [5, 5.41) is 3.87. The van der Waals surface area contributed by atoms with E-state index in [0.29, 0.717) is 5.25 Å². The van der Waals surface area contributed by atoms with Crippen LogP contribution in [-0.4, -0.2) is 17.8 Å². The summed E-state index contributed by atoms with van der Waals surface area (Å²) in [5.41, 5.74) is 7.35. The lowest BCUT2D eigenvalue weighted by atomic mass is 9.90. The van der Waals surface area contributed by atoms with Gasteiger partial charge >= 0.3 is 0 Å². The standard InChI is InChI=1S/C14H24N2S/c1-10(2)17-12-8-6-11(7-9-12)13(15)14(3,4)16-5/h6-10,13,16H,15H2,1-5H3. The highest BCUT2D eigenvalue weighted by atomic mass is 32.2. The van der Waals surface area contributed by atoms with Gasteiger partial charge in [0.05, 0.1) is 0 Å². The molecular weight excluding hydrogens is 228 g/mol. The van der Waals surface area contributed by atoms with Crippen LogP contribution < -0.4 is 11.1 Å². The largest absolute Gasteiger partial charge is 0.322 e. The van der Waals surface area contributed by atoms with Gasteiger partial charge in [0.15, 0.2) is 0 Å². The fourth-order valence-corrected chi connectivity index (χ4v) is 2.44. The topological polar surface area (TPSA) is 38.0 Å². The van der Waals surface area contributed by atoms with Crippen LogP contribution in [0.5, 0.6) is 0 Å². The molecule has 2 nitrogen and oxygen atoms in total. The van der Waals surface area contributed by atoms with Gasteiger partial charge in [0, 0.05) is 21.7 Å². The Hall–Kier alpha value is -0.510. The predicted octanol–water partition coefficient (Wildman–Crippen LogP) is 3.18. The molecular formula is C14H24N2S. The molecule has 0 aliphatic rings. The van der Waals surface area contributed by atoms with Crippen LogP contribution in [0.2, 0.25) is 0 Å². The molecule has 3 N–H and O–H groups in total. The Morgan fingerprint density at radius 1 is 1.18 bits per heavy atom. The number of nitrogens with one attached hydrogen (secondary N) is 1. The molecule has 96 valence electrons. The first-order valence-corrected chi connectivity index (χ1v) is 6.96. The van der Waals surface area contributed by atoms with Gasteiger partial charge in [0.2, 0.25) is 0 Å². The maximum absolute atomic E-state index is 6.27. The van der Waals surface area contributed by atoms with Gasteiger partial charge in [-0.3, -0.25) is 0 Å². The number of hydrogen-bond acceptors (Lipinski definition) is 3. The summed E-state index contributed by atoms with van der Waals surface area (Å²) < 4.78 is 0. The fraction of sp³-hybridized carbons (Fsp3) is 0.571. The smallest absolute Gasteiger partial charge is 0.0474 e. The highest BCUT2D eigenvalue weighted by molar-refractivity contribution is 7.99. The molecule has 1 aromatic rings. The van der Waals surface area contributed by atoms with E-state index in [4.69, 9.17) is 5.73 Å². The molecule has 0 aromatic heterocycles. The lowest BCUT2D eigenvalue weighted by Crippen LogP contribution is -2.46. The molecule has 0 aliphatic carbocycles. The van der Waals surface area contributed by atoms with Gasteiger partial charge in [-0.05, 0) is 38.6 Å². The van der Waals surface area contributed by atoms with Crippen LogP contribution in [0.1, 0.15) is 39.3 Å². The van der Waals surface area contributed by atoms with Crippen molar-refractivity contribution in [3.8, 4) is 0 Å². The second-order valence-electron chi connectivity index (χ2n) is 5.19. The van der Waals surface area contributed by atoms with Crippen LogP contribution in [0.4, 0.5) is 0 Å². The number of rotatable bonds is 5. The number of benzene rings is 1. The van der Waals surface area contributed by atoms with Crippen molar-refractivity contribution in [2.75, 3.05) is 7.05 Å². The summed E-state index contributed by atoms with van der Waals surface area (Å²) in [5.74, 6) is 0. The predicted molar refractivity (Wildman–Crippen MR) is 77.5 cm³/mol. The van der Waals surface area contributed by atoms with Crippen LogP contribution in [0.3, 0.4) is 0 Å². The van der Waals surface area contributed by atoms with E-state index in [1.165, 1.54) is 10.5 Å². The van der Waals surface area contributed by atoms with Crippen LogP contribution in [0, 0.1) is 0 Å². The first-order chi connectivity index (χ1) is 7.86. The molecule has 0 fully saturated rings. The Labute approximate surface area is 109 Å². The van der Waals surface area contributed by atoms with Crippen LogP contribution in [-0.2, 0) is 0 Å². The first kappa shape index (κ1) is 14.6. The van der Waals surface area contributed by atoms with E-state index in [9.17, 15) is 0 Å². The van der Waals surface area contributed by atoms with E-state index in [1.54, 1.807) is 0 Å². The van der Waals surface area contributed by atoms with Crippen molar-refractivity contribution in [2.24, 2.45) is 5.73 Å². The number of likely N-dealkylation sites (N-methyl/N-ethyl adjacent to an activating group) is 1. The molecule has 1 atom stereocenters. The lowest BCUT2D eigenvalue weighted by molar-refractivity contribution is 0.348. The minimum atomic E-state index is -0.0906. The third kappa shape index (κ3) is 4.02. The van der Waals surface area contributed by atoms with Gasteiger partial charge in [-0.15, -0.1) is 11.8 Å². The molecule has 0 saturated carbocycles. The molecule has 0 heterocycles. The van der Waals surface area contributed by atoms with Crippen molar-refractivity contribution in [1.29, 1.82) is 0 Å². The van der Waals surface area contributed by atoms with Crippen molar-refractivity contribution in [1.82, 2.24) is 5.32 Å². The van der Waals surface area contributed by atoms with Gasteiger partial charge in [-0.1, -0.05) is 26.0 Å². The minimum absolute atomic E-state index is 0.00519. The molecule has 17 heavy (non-hydrogen) atoms. The number of thioether (sulfide) groups is 1. The van der Waals surface area contributed by atoms with Gasteiger partial charge in [-0.25, -0.2) is 0 Å². The zero-order chi connectivity index (χ0) is 13.1.